The summed E-state index contributed by atoms with van der Waals surface area (Å²) in [6, 6.07) is -2.57. The minimum Gasteiger partial charge on any atom is -0.480 e. The molecule has 0 spiro atoms. The summed E-state index contributed by atoms with van der Waals surface area (Å²) in [4.78, 5) is 47.0. The molecule has 26 heavy (non-hydrogen) atoms. The van der Waals surface area contributed by atoms with Crippen molar-refractivity contribution in [2.45, 2.75) is 51.7 Å². The van der Waals surface area contributed by atoms with Crippen molar-refractivity contribution in [1.82, 2.24) is 16.0 Å². The lowest BCUT2D eigenvalue weighted by Crippen LogP contribution is -2.53. The van der Waals surface area contributed by atoms with E-state index in [2.05, 4.69) is 16.0 Å². The van der Waals surface area contributed by atoms with Crippen LogP contribution in [0.5, 0.6) is 0 Å². The molecule has 150 valence electrons. The van der Waals surface area contributed by atoms with Gasteiger partial charge in [-0.3, -0.25) is 14.4 Å². The maximum atomic E-state index is 12.2. The molecule has 0 aliphatic rings. The van der Waals surface area contributed by atoms with E-state index in [1.54, 1.807) is 0 Å². The number of thioether (sulfide) groups is 1. The lowest BCUT2D eigenvalue weighted by molar-refractivity contribution is -0.142. The van der Waals surface area contributed by atoms with E-state index in [4.69, 9.17) is 10.8 Å². The van der Waals surface area contributed by atoms with E-state index >= 15 is 0 Å². The number of amides is 3. The fourth-order valence-corrected chi connectivity index (χ4v) is 2.51. The lowest BCUT2D eigenvalue weighted by atomic mass is 10.0. The number of hydrogen-bond acceptors (Lipinski definition) is 6. The average molecular weight is 391 g/mol. The fraction of sp³-hybridized carbons (Fsp3) is 0.750. The van der Waals surface area contributed by atoms with Crippen molar-refractivity contribution in [3.05, 3.63) is 0 Å². The van der Waals surface area contributed by atoms with Crippen LogP contribution in [0.25, 0.3) is 0 Å². The molecule has 0 bridgehead atoms. The molecular formula is C16H30N4O5S. The molecule has 0 aliphatic heterocycles. The summed E-state index contributed by atoms with van der Waals surface area (Å²) in [5, 5.41) is 16.5. The summed E-state index contributed by atoms with van der Waals surface area (Å²) in [7, 11) is 0. The first kappa shape index (κ1) is 24.2. The van der Waals surface area contributed by atoms with Gasteiger partial charge >= 0.3 is 5.97 Å². The Morgan fingerprint density at radius 3 is 2.12 bits per heavy atom. The van der Waals surface area contributed by atoms with Crippen LogP contribution in [0.15, 0.2) is 0 Å². The van der Waals surface area contributed by atoms with Crippen LogP contribution in [0.2, 0.25) is 0 Å². The van der Waals surface area contributed by atoms with E-state index in [1.807, 2.05) is 20.1 Å². The predicted octanol–water partition coefficient (Wildman–Crippen LogP) is -0.697. The molecule has 0 fully saturated rings. The van der Waals surface area contributed by atoms with Crippen LogP contribution in [0.3, 0.4) is 0 Å². The zero-order valence-electron chi connectivity index (χ0n) is 15.7. The number of carbonyl (C=O) groups is 4. The Kier molecular flexibility index (Phi) is 11.7. The second-order valence-electron chi connectivity index (χ2n) is 6.44. The minimum absolute atomic E-state index is 0.0929. The van der Waals surface area contributed by atoms with Crippen molar-refractivity contribution < 1.29 is 24.3 Å². The molecule has 0 aromatic heterocycles. The van der Waals surface area contributed by atoms with Crippen LogP contribution >= 0.6 is 11.8 Å². The Hall–Kier alpha value is -1.81. The molecule has 0 heterocycles. The van der Waals surface area contributed by atoms with Gasteiger partial charge in [-0.15, -0.1) is 0 Å². The molecule has 0 rings (SSSR count). The van der Waals surface area contributed by atoms with E-state index in [9.17, 15) is 19.2 Å². The topological polar surface area (TPSA) is 151 Å². The molecule has 0 aliphatic carbocycles. The van der Waals surface area contributed by atoms with Gasteiger partial charge in [-0.25, -0.2) is 4.79 Å². The molecule has 9 nitrogen and oxygen atoms in total. The van der Waals surface area contributed by atoms with Crippen LogP contribution in [0.1, 0.15) is 33.6 Å². The smallest absolute Gasteiger partial charge is 0.326 e. The molecule has 0 aromatic rings. The van der Waals surface area contributed by atoms with Crippen LogP contribution in [-0.4, -0.2) is 65.5 Å². The normalized spacial score (nSPS) is 14.2. The highest BCUT2D eigenvalue weighted by molar-refractivity contribution is 7.98. The first-order valence-corrected chi connectivity index (χ1v) is 9.82. The van der Waals surface area contributed by atoms with Crippen LogP contribution in [-0.2, 0) is 19.2 Å². The number of hydrogen-bond donors (Lipinski definition) is 5. The minimum atomic E-state index is -1.12. The van der Waals surface area contributed by atoms with Crippen molar-refractivity contribution in [3.63, 3.8) is 0 Å². The standard InChI is InChI=1S/C16H30N4O5S/c1-9(2)7-12(16(24)25)19-13(21)8-18-15(23)11(5-6-26-4)20-14(22)10(3)17/h9-12H,5-8,17H2,1-4H3,(H,18,23)(H,19,21)(H,20,22)(H,24,25). The number of nitrogens with one attached hydrogen (secondary N) is 3. The van der Waals surface area contributed by atoms with Gasteiger partial charge in [0.15, 0.2) is 0 Å². The molecule has 10 heteroatoms. The summed E-state index contributed by atoms with van der Waals surface area (Å²) >= 11 is 1.52. The van der Waals surface area contributed by atoms with Crippen LogP contribution in [0, 0.1) is 5.92 Å². The fourth-order valence-electron chi connectivity index (χ4n) is 2.04. The third-order valence-corrected chi connectivity index (χ3v) is 4.06. The monoisotopic (exact) mass is 390 g/mol. The van der Waals surface area contributed by atoms with Crippen molar-refractivity contribution in [2.24, 2.45) is 11.7 Å². The van der Waals surface area contributed by atoms with Gasteiger partial charge in [-0.1, -0.05) is 13.8 Å². The zero-order valence-corrected chi connectivity index (χ0v) is 16.5. The van der Waals surface area contributed by atoms with Crippen molar-refractivity contribution in [1.29, 1.82) is 0 Å². The summed E-state index contributed by atoms with van der Waals surface area (Å²) in [6.07, 6.45) is 2.55. The first-order valence-electron chi connectivity index (χ1n) is 8.43. The predicted molar refractivity (Wildman–Crippen MR) is 101 cm³/mol. The molecule has 3 atom stereocenters. The number of aliphatic carboxylic acids is 1. The second-order valence-corrected chi connectivity index (χ2v) is 7.42. The van der Waals surface area contributed by atoms with Crippen LogP contribution < -0.4 is 21.7 Å². The summed E-state index contributed by atoms with van der Waals surface area (Å²) in [5.74, 6) is -1.97. The number of nitrogens with two attached hydrogens (primary N) is 1. The third kappa shape index (κ3) is 10.2. The van der Waals surface area contributed by atoms with Gasteiger partial charge in [0.25, 0.3) is 0 Å². The molecular weight excluding hydrogens is 360 g/mol. The summed E-state index contributed by atoms with van der Waals surface area (Å²) in [5.41, 5.74) is 5.49. The van der Waals surface area contributed by atoms with Gasteiger partial charge < -0.3 is 26.8 Å². The lowest BCUT2D eigenvalue weighted by Gasteiger charge is -2.20. The van der Waals surface area contributed by atoms with E-state index in [0.717, 1.165) is 0 Å². The molecule has 6 N–H and O–H groups in total. The van der Waals surface area contributed by atoms with E-state index in [-0.39, 0.29) is 18.9 Å². The third-order valence-electron chi connectivity index (χ3n) is 3.42. The maximum Gasteiger partial charge on any atom is 0.326 e. The molecule has 3 amide bonds. The van der Waals surface area contributed by atoms with Gasteiger partial charge in [0, 0.05) is 0 Å². The number of carboxylic acids is 1. The highest BCUT2D eigenvalue weighted by Crippen LogP contribution is 2.05. The van der Waals surface area contributed by atoms with E-state index < -0.39 is 41.8 Å². The Bertz CT molecular complexity index is 499. The maximum absolute atomic E-state index is 12.2. The zero-order chi connectivity index (χ0) is 20.3. The Labute approximate surface area is 158 Å². The van der Waals surface area contributed by atoms with E-state index in [0.29, 0.717) is 12.2 Å². The van der Waals surface area contributed by atoms with Crippen LogP contribution in [0.4, 0.5) is 0 Å². The highest BCUT2D eigenvalue weighted by atomic mass is 32.2. The van der Waals surface area contributed by atoms with Gasteiger partial charge in [0.2, 0.25) is 17.7 Å². The average Bonchev–Trinajstić information content (AvgIpc) is 2.54. The molecule has 3 unspecified atom stereocenters. The van der Waals surface area contributed by atoms with Gasteiger partial charge in [0.1, 0.15) is 12.1 Å². The first-order chi connectivity index (χ1) is 12.1. The highest BCUT2D eigenvalue weighted by Gasteiger charge is 2.24. The number of carbonyl (C=O) groups excluding carboxylic acids is 3. The quantitative estimate of drug-likeness (QED) is 0.296. The largest absolute Gasteiger partial charge is 0.480 e. The van der Waals surface area contributed by atoms with Crippen molar-refractivity contribution >= 4 is 35.5 Å². The van der Waals surface area contributed by atoms with Crippen molar-refractivity contribution in [3.8, 4) is 0 Å². The summed E-state index contributed by atoms with van der Waals surface area (Å²) in [6.45, 7) is 4.83. The Morgan fingerprint density at radius 1 is 1.04 bits per heavy atom. The van der Waals surface area contributed by atoms with Gasteiger partial charge in [0.05, 0.1) is 12.6 Å². The van der Waals surface area contributed by atoms with E-state index in [1.165, 1.54) is 18.7 Å². The molecule has 0 radical (unpaired) electrons. The SMILES string of the molecule is CSCCC(NC(=O)C(C)N)C(=O)NCC(=O)NC(CC(C)C)C(=O)O. The Morgan fingerprint density at radius 2 is 1.65 bits per heavy atom. The van der Waals surface area contributed by atoms with Gasteiger partial charge in [-0.05, 0) is 37.7 Å². The number of carboxylic acid groups (broad SMARTS) is 1. The Balaban J connectivity index is 4.65. The van der Waals surface area contributed by atoms with Crippen molar-refractivity contribution in [2.75, 3.05) is 18.6 Å². The second kappa shape index (κ2) is 12.5. The molecule has 0 saturated heterocycles. The summed E-state index contributed by atoms with van der Waals surface area (Å²) < 4.78 is 0. The van der Waals surface area contributed by atoms with Gasteiger partial charge in [-0.2, -0.15) is 11.8 Å². The number of rotatable bonds is 12. The molecule has 0 aromatic carbocycles. The molecule has 0 saturated carbocycles.